The smallest absolute Gasteiger partial charge is 0.274 e. The van der Waals surface area contributed by atoms with Gasteiger partial charge in [0.15, 0.2) is 0 Å². The molecule has 0 aliphatic carbocycles. The minimum absolute atomic E-state index is 0.0295. The molecular formula is C15H22BrNO3S. The summed E-state index contributed by atoms with van der Waals surface area (Å²) in [4.78, 5) is 10.5. The zero-order chi connectivity index (χ0) is 15.9. The topological polar surface area (TPSA) is 52.4 Å². The number of nitro benzene ring substituents is 1. The zero-order valence-electron chi connectivity index (χ0n) is 12.5. The number of benzene rings is 1. The summed E-state index contributed by atoms with van der Waals surface area (Å²) in [5.41, 5.74) is 0.0609. The molecule has 0 heterocycles. The van der Waals surface area contributed by atoms with Crippen LogP contribution in [0.5, 0.6) is 5.75 Å². The van der Waals surface area contributed by atoms with Crippen LogP contribution in [0.2, 0.25) is 0 Å². The Bertz CT molecular complexity index is 476. The SMILES string of the molecule is CCCC(CS)(CCC)COc1cc(Br)cc([N+](=O)[O-])c1. The van der Waals surface area contributed by atoms with Crippen LogP contribution in [-0.4, -0.2) is 17.3 Å². The summed E-state index contributed by atoms with van der Waals surface area (Å²) in [6.07, 6.45) is 4.23. The number of nitrogens with zero attached hydrogens (tertiary/aromatic N) is 1. The fourth-order valence-corrected chi connectivity index (χ4v) is 3.37. The minimum atomic E-state index is -0.415. The summed E-state index contributed by atoms with van der Waals surface area (Å²) in [5.74, 6) is 1.28. The van der Waals surface area contributed by atoms with E-state index in [0.717, 1.165) is 31.4 Å². The number of halogens is 1. The third-order valence-electron chi connectivity index (χ3n) is 3.51. The van der Waals surface area contributed by atoms with Crippen molar-refractivity contribution in [2.75, 3.05) is 12.4 Å². The van der Waals surface area contributed by atoms with Gasteiger partial charge in [-0.05, 0) is 24.7 Å². The summed E-state index contributed by atoms with van der Waals surface area (Å²) >= 11 is 7.77. The first-order chi connectivity index (χ1) is 9.96. The van der Waals surface area contributed by atoms with Crippen LogP contribution in [0.15, 0.2) is 22.7 Å². The Hall–Kier alpha value is -0.750. The second kappa shape index (κ2) is 8.63. The van der Waals surface area contributed by atoms with E-state index in [-0.39, 0.29) is 11.1 Å². The highest BCUT2D eigenvalue weighted by Crippen LogP contribution is 2.33. The number of thiol groups is 1. The van der Waals surface area contributed by atoms with Gasteiger partial charge >= 0.3 is 0 Å². The summed E-state index contributed by atoms with van der Waals surface area (Å²) in [5, 5.41) is 10.9. The van der Waals surface area contributed by atoms with Crippen LogP contribution in [0.25, 0.3) is 0 Å². The lowest BCUT2D eigenvalue weighted by molar-refractivity contribution is -0.385. The summed E-state index contributed by atoms with van der Waals surface area (Å²) in [7, 11) is 0. The van der Waals surface area contributed by atoms with Gasteiger partial charge in [0.25, 0.3) is 5.69 Å². The molecule has 0 saturated heterocycles. The standard InChI is InChI=1S/C15H22BrNO3S/c1-3-5-15(11-21,6-4-2)10-20-14-8-12(16)7-13(9-14)17(18)19/h7-9,21H,3-6,10-11H2,1-2H3. The molecule has 0 saturated carbocycles. The second-order valence-electron chi connectivity index (χ2n) is 5.35. The average Bonchev–Trinajstić information content (AvgIpc) is 2.44. The number of ether oxygens (including phenoxy) is 1. The van der Waals surface area contributed by atoms with E-state index < -0.39 is 4.92 Å². The van der Waals surface area contributed by atoms with Crippen LogP contribution in [-0.2, 0) is 0 Å². The van der Waals surface area contributed by atoms with Crippen LogP contribution in [0.4, 0.5) is 5.69 Å². The van der Waals surface area contributed by atoms with Gasteiger partial charge in [-0.15, -0.1) is 0 Å². The summed E-state index contributed by atoms with van der Waals surface area (Å²) < 4.78 is 6.50. The van der Waals surface area contributed by atoms with Crippen molar-refractivity contribution in [1.82, 2.24) is 0 Å². The number of hydrogen-bond donors (Lipinski definition) is 1. The van der Waals surface area contributed by atoms with Gasteiger partial charge in [0.2, 0.25) is 0 Å². The minimum Gasteiger partial charge on any atom is -0.493 e. The van der Waals surface area contributed by atoms with Crippen LogP contribution in [0.1, 0.15) is 39.5 Å². The molecule has 0 unspecified atom stereocenters. The number of hydrogen-bond acceptors (Lipinski definition) is 4. The van der Waals surface area contributed by atoms with Crippen molar-refractivity contribution in [3.8, 4) is 5.75 Å². The summed E-state index contributed by atoms with van der Waals surface area (Å²) in [6, 6.07) is 4.69. The molecule has 1 aromatic carbocycles. The lowest BCUT2D eigenvalue weighted by Crippen LogP contribution is -2.30. The highest BCUT2D eigenvalue weighted by atomic mass is 79.9. The van der Waals surface area contributed by atoms with Crippen molar-refractivity contribution in [2.24, 2.45) is 5.41 Å². The van der Waals surface area contributed by atoms with Crippen molar-refractivity contribution in [1.29, 1.82) is 0 Å². The van der Waals surface area contributed by atoms with E-state index in [0.29, 0.717) is 16.8 Å². The third kappa shape index (κ3) is 5.51. The molecule has 21 heavy (non-hydrogen) atoms. The van der Waals surface area contributed by atoms with Crippen LogP contribution >= 0.6 is 28.6 Å². The molecule has 0 radical (unpaired) electrons. The molecule has 0 aliphatic heterocycles. The highest BCUT2D eigenvalue weighted by Gasteiger charge is 2.28. The first-order valence-electron chi connectivity index (χ1n) is 7.15. The maximum atomic E-state index is 10.9. The molecule has 0 fully saturated rings. The van der Waals surface area contributed by atoms with Crippen LogP contribution < -0.4 is 4.74 Å². The van der Waals surface area contributed by atoms with Gasteiger partial charge in [0, 0.05) is 16.0 Å². The Morgan fingerprint density at radius 3 is 2.38 bits per heavy atom. The van der Waals surface area contributed by atoms with Gasteiger partial charge in [-0.3, -0.25) is 10.1 Å². The molecule has 6 heteroatoms. The number of non-ortho nitro benzene ring substituents is 1. The maximum Gasteiger partial charge on any atom is 0.274 e. The molecule has 0 aromatic heterocycles. The molecule has 118 valence electrons. The Kier molecular flexibility index (Phi) is 7.52. The van der Waals surface area contributed by atoms with Gasteiger partial charge < -0.3 is 4.74 Å². The summed E-state index contributed by atoms with van der Waals surface area (Å²) in [6.45, 7) is 4.83. The van der Waals surface area contributed by atoms with E-state index in [1.165, 1.54) is 12.1 Å². The fraction of sp³-hybridized carbons (Fsp3) is 0.600. The normalized spacial score (nSPS) is 11.4. The molecule has 1 rings (SSSR count). The van der Waals surface area contributed by atoms with E-state index in [1.54, 1.807) is 6.07 Å². The van der Waals surface area contributed by atoms with Gasteiger partial charge in [0.05, 0.1) is 17.6 Å². The lowest BCUT2D eigenvalue weighted by atomic mass is 9.82. The van der Waals surface area contributed by atoms with E-state index >= 15 is 0 Å². The molecule has 0 spiro atoms. The first-order valence-corrected chi connectivity index (χ1v) is 8.57. The van der Waals surface area contributed by atoms with E-state index in [2.05, 4.69) is 42.4 Å². The van der Waals surface area contributed by atoms with Crippen molar-refractivity contribution < 1.29 is 9.66 Å². The van der Waals surface area contributed by atoms with Gasteiger partial charge in [-0.1, -0.05) is 42.6 Å². The molecule has 4 nitrogen and oxygen atoms in total. The predicted octanol–water partition coefficient (Wildman–Crippen LogP) is 5.25. The Balaban J connectivity index is 2.86. The number of rotatable bonds is 9. The molecule has 0 amide bonds. The van der Waals surface area contributed by atoms with Crippen molar-refractivity contribution >= 4 is 34.2 Å². The van der Waals surface area contributed by atoms with Crippen LogP contribution in [0.3, 0.4) is 0 Å². The van der Waals surface area contributed by atoms with E-state index in [9.17, 15) is 10.1 Å². The maximum absolute atomic E-state index is 10.9. The molecule has 0 bridgehead atoms. The molecular weight excluding hydrogens is 354 g/mol. The molecule has 0 aliphatic rings. The Labute approximate surface area is 140 Å². The van der Waals surface area contributed by atoms with Gasteiger partial charge in [-0.25, -0.2) is 0 Å². The van der Waals surface area contributed by atoms with E-state index in [4.69, 9.17) is 4.74 Å². The van der Waals surface area contributed by atoms with Crippen LogP contribution in [0, 0.1) is 15.5 Å². The lowest BCUT2D eigenvalue weighted by Gasteiger charge is -2.31. The van der Waals surface area contributed by atoms with Gasteiger partial charge in [-0.2, -0.15) is 12.6 Å². The largest absolute Gasteiger partial charge is 0.493 e. The van der Waals surface area contributed by atoms with Crippen molar-refractivity contribution in [2.45, 2.75) is 39.5 Å². The van der Waals surface area contributed by atoms with Gasteiger partial charge in [0.1, 0.15) is 5.75 Å². The quantitative estimate of drug-likeness (QED) is 0.364. The zero-order valence-corrected chi connectivity index (χ0v) is 15.0. The Morgan fingerprint density at radius 1 is 1.29 bits per heavy atom. The molecule has 1 aromatic rings. The number of nitro groups is 1. The van der Waals surface area contributed by atoms with E-state index in [1.807, 2.05) is 0 Å². The highest BCUT2D eigenvalue weighted by molar-refractivity contribution is 9.10. The van der Waals surface area contributed by atoms with Crippen molar-refractivity contribution in [3.05, 3.63) is 32.8 Å². The fourth-order valence-electron chi connectivity index (χ4n) is 2.51. The Morgan fingerprint density at radius 2 is 1.90 bits per heavy atom. The second-order valence-corrected chi connectivity index (χ2v) is 6.58. The monoisotopic (exact) mass is 375 g/mol. The molecule has 0 atom stereocenters. The average molecular weight is 376 g/mol. The first kappa shape index (κ1) is 18.3. The predicted molar refractivity (Wildman–Crippen MR) is 92.4 cm³/mol. The third-order valence-corrected chi connectivity index (χ3v) is 4.64. The molecule has 0 N–H and O–H groups in total. The van der Waals surface area contributed by atoms with Crippen molar-refractivity contribution in [3.63, 3.8) is 0 Å².